The van der Waals surface area contributed by atoms with Crippen LogP contribution in [0.1, 0.15) is 10.4 Å². The third kappa shape index (κ3) is 6.37. The molecule has 0 unspecified atom stereocenters. The number of hydrogen-bond donors (Lipinski definition) is 4. The number of nitro groups is 1. The van der Waals surface area contributed by atoms with E-state index in [-0.39, 0.29) is 32.7 Å². The lowest BCUT2D eigenvalue weighted by atomic mass is 10.2. The van der Waals surface area contributed by atoms with Crippen molar-refractivity contribution in [3.8, 4) is 5.75 Å². The number of nitro benzene ring substituents is 1. The van der Waals surface area contributed by atoms with Crippen molar-refractivity contribution in [3.63, 3.8) is 0 Å². The number of non-ortho nitro benzene ring substituents is 1. The van der Waals surface area contributed by atoms with Crippen molar-refractivity contribution in [1.82, 2.24) is 10.6 Å². The van der Waals surface area contributed by atoms with E-state index in [1.807, 2.05) is 0 Å². The number of phenolic OH excluding ortho intramolecular Hbond substituents is 1. The van der Waals surface area contributed by atoms with E-state index in [0.717, 1.165) is 32.2 Å². The third-order valence-electron chi connectivity index (χ3n) is 3.57. The molecule has 1 amide bonds. The lowest BCUT2D eigenvalue weighted by Crippen LogP contribution is -2.39. The van der Waals surface area contributed by atoms with Crippen LogP contribution in [0.3, 0.4) is 0 Å². The zero-order valence-corrected chi connectivity index (χ0v) is 15.7. The van der Waals surface area contributed by atoms with E-state index < -0.39 is 10.8 Å². The van der Waals surface area contributed by atoms with Crippen molar-refractivity contribution in [1.29, 1.82) is 0 Å². The topological polar surface area (TPSA) is 117 Å². The second-order valence-corrected chi connectivity index (χ2v) is 6.38. The van der Waals surface area contributed by atoms with Gasteiger partial charge in [0.15, 0.2) is 0 Å². The van der Waals surface area contributed by atoms with E-state index in [9.17, 15) is 20.0 Å². The fourth-order valence-corrected chi connectivity index (χ4v) is 2.60. The van der Waals surface area contributed by atoms with Crippen LogP contribution >= 0.6 is 23.2 Å². The van der Waals surface area contributed by atoms with Crippen LogP contribution in [0.15, 0.2) is 36.4 Å². The maximum Gasteiger partial charge on any atom is 0.271 e. The Balaban J connectivity index is 0.000000369. The zero-order valence-electron chi connectivity index (χ0n) is 14.2. The number of carbonyl (C=O) groups excluding carboxylic acids is 1. The molecule has 0 bridgehead atoms. The number of amides is 1. The molecule has 1 saturated heterocycles. The molecule has 0 radical (unpaired) electrons. The highest BCUT2D eigenvalue weighted by Crippen LogP contribution is 2.28. The van der Waals surface area contributed by atoms with Gasteiger partial charge in [-0.1, -0.05) is 23.2 Å². The Bertz CT molecular complexity index is 817. The monoisotopic (exact) mass is 412 g/mol. The van der Waals surface area contributed by atoms with Crippen LogP contribution in [-0.2, 0) is 0 Å². The normalized spacial score (nSPS) is 13.3. The lowest BCUT2D eigenvalue weighted by molar-refractivity contribution is -0.384. The lowest BCUT2D eigenvalue weighted by Gasteiger charge is -2.11. The van der Waals surface area contributed by atoms with Gasteiger partial charge in [-0.2, -0.15) is 0 Å². The van der Waals surface area contributed by atoms with Crippen molar-refractivity contribution in [2.24, 2.45) is 0 Å². The Kier molecular flexibility index (Phi) is 7.81. The molecular formula is C17H18Cl2N4O4. The van der Waals surface area contributed by atoms with Crippen molar-refractivity contribution < 1.29 is 14.8 Å². The summed E-state index contributed by atoms with van der Waals surface area (Å²) in [6.45, 7) is 4.56. The molecule has 0 saturated carbocycles. The van der Waals surface area contributed by atoms with Gasteiger partial charge in [0.2, 0.25) is 0 Å². The van der Waals surface area contributed by atoms with E-state index >= 15 is 0 Å². The second-order valence-electron chi connectivity index (χ2n) is 5.54. The molecule has 1 fully saturated rings. The van der Waals surface area contributed by atoms with Gasteiger partial charge in [0, 0.05) is 43.3 Å². The minimum atomic E-state index is -0.634. The molecule has 0 aliphatic carbocycles. The summed E-state index contributed by atoms with van der Waals surface area (Å²) in [6, 6.07) is 7.65. The SMILES string of the molecule is C1CNCCN1.O=C(Nc1ccc([N+](=O)[O-])cc1Cl)c1cc(Cl)ccc1O. The molecule has 0 spiro atoms. The van der Waals surface area contributed by atoms with Crippen molar-refractivity contribution >= 4 is 40.5 Å². The van der Waals surface area contributed by atoms with E-state index in [1.54, 1.807) is 0 Å². The molecule has 0 aromatic heterocycles. The number of rotatable bonds is 3. The molecule has 2 aromatic carbocycles. The number of phenols is 1. The van der Waals surface area contributed by atoms with Crippen LogP contribution in [0.5, 0.6) is 5.75 Å². The molecule has 144 valence electrons. The molecular weight excluding hydrogens is 395 g/mol. The standard InChI is InChI=1S/C13H8Cl2N2O4.C4H10N2/c14-7-1-4-12(18)9(5-7)13(19)16-11-3-2-8(17(20)21)6-10(11)15;1-2-6-4-3-5-1/h1-6,18H,(H,16,19);5-6H,1-4H2. The smallest absolute Gasteiger partial charge is 0.271 e. The molecule has 0 atom stereocenters. The minimum Gasteiger partial charge on any atom is -0.507 e. The van der Waals surface area contributed by atoms with Gasteiger partial charge >= 0.3 is 0 Å². The first-order valence-corrected chi connectivity index (χ1v) is 8.79. The van der Waals surface area contributed by atoms with Gasteiger partial charge in [-0.3, -0.25) is 14.9 Å². The summed E-state index contributed by atoms with van der Waals surface area (Å²) in [7, 11) is 0. The van der Waals surface area contributed by atoms with E-state index in [4.69, 9.17) is 23.2 Å². The van der Waals surface area contributed by atoms with Crippen LogP contribution in [0.25, 0.3) is 0 Å². The van der Waals surface area contributed by atoms with Crippen LogP contribution in [0.2, 0.25) is 10.0 Å². The largest absolute Gasteiger partial charge is 0.507 e. The van der Waals surface area contributed by atoms with Crippen LogP contribution < -0.4 is 16.0 Å². The number of anilines is 1. The number of aromatic hydroxyl groups is 1. The Hall–Kier alpha value is -2.39. The van der Waals surface area contributed by atoms with E-state index in [0.29, 0.717) is 0 Å². The molecule has 1 aliphatic rings. The summed E-state index contributed by atoms with van der Waals surface area (Å²) >= 11 is 11.6. The Morgan fingerprint density at radius 1 is 1.07 bits per heavy atom. The summed E-state index contributed by atoms with van der Waals surface area (Å²) < 4.78 is 0. The predicted octanol–water partition coefficient (Wildman–Crippen LogP) is 3.04. The van der Waals surface area contributed by atoms with Gasteiger partial charge in [0.1, 0.15) is 5.75 Å². The number of benzene rings is 2. The number of nitrogens with one attached hydrogen (secondary N) is 3. The summed E-state index contributed by atoms with van der Waals surface area (Å²) in [4.78, 5) is 22.0. The molecule has 10 heteroatoms. The number of nitrogens with zero attached hydrogens (tertiary/aromatic N) is 1. The first kappa shape index (κ1) is 20.9. The van der Waals surface area contributed by atoms with Crippen molar-refractivity contribution in [2.75, 3.05) is 31.5 Å². The fourth-order valence-electron chi connectivity index (χ4n) is 2.20. The van der Waals surface area contributed by atoms with Crippen LogP contribution in [0.4, 0.5) is 11.4 Å². The molecule has 1 aliphatic heterocycles. The summed E-state index contributed by atoms with van der Waals surface area (Å²) in [5.74, 6) is -0.874. The predicted molar refractivity (Wildman–Crippen MR) is 105 cm³/mol. The highest BCUT2D eigenvalue weighted by Gasteiger charge is 2.15. The summed E-state index contributed by atoms with van der Waals surface area (Å²) in [6.07, 6.45) is 0. The fraction of sp³-hybridized carbons (Fsp3) is 0.235. The maximum absolute atomic E-state index is 12.0. The van der Waals surface area contributed by atoms with Crippen molar-refractivity contribution in [3.05, 3.63) is 62.1 Å². The van der Waals surface area contributed by atoms with Gasteiger partial charge in [0.25, 0.3) is 11.6 Å². The maximum atomic E-state index is 12.0. The Labute approximate surface area is 165 Å². The molecule has 1 heterocycles. The molecule has 2 aromatic rings. The van der Waals surface area contributed by atoms with Gasteiger partial charge in [-0.05, 0) is 24.3 Å². The average molecular weight is 413 g/mol. The first-order valence-electron chi connectivity index (χ1n) is 8.03. The van der Waals surface area contributed by atoms with Crippen LogP contribution in [-0.4, -0.2) is 42.1 Å². The van der Waals surface area contributed by atoms with Gasteiger partial charge in [-0.25, -0.2) is 0 Å². The average Bonchev–Trinajstić information content (AvgIpc) is 2.67. The van der Waals surface area contributed by atoms with Gasteiger partial charge < -0.3 is 21.1 Å². The highest BCUT2D eigenvalue weighted by atomic mass is 35.5. The molecule has 3 rings (SSSR count). The Morgan fingerprint density at radius 2 is 1.70 bits per heavy atom. The third-order valence-corrected chi connectivity index (χ3v) is 4.12. The summed E-state index contributed by atoms with van der Waals surface area (Å²) in [5, 5.41) is 29.4. The van der Waals surface area contributed by atoms with E-state index in [2.05, 4.69) is 16.0 Å². The first-order chi connectivity index (χ1) is 12.9. The van der Waals surface area contributed by atoms with Gasteiger partial charge in [-0.15, -0.1) is 0 Å². The molecule has 4 N–H and O–H groups in total. The number of hydrogen-bond acceptors (Lipinski definition) is 6. The van der Waals surface area contributed by atoms with E-state index in [1.165, 1.54) is 30.3 Å². The number of piperazine rings is 1. The Morgan fingerprint density at radius 3 is 2.22 bits per heavy atom. The number of carbonyl (C=O) groups is 1. The molecule has 27 heavy (non-hydrogen) atoms. The zero-order chi connectivity index (χ0) is 19.8. The highest BCUT2D eigenvalue weighted by molar-refractivity contribution is 6.34. The molecule has 8 nitrogen and oxygen atoms in total. The van der Waals surface area contributed by atoms with Gasteiger partial charge in [0.05, 0.1) is 21.2 Å². The van der Waals surface area contributed by atoms with Crippen LogP contribution in [0, 0.1) is 10.1 Å². The quantitative estimate of drug-likeness (QED) is 0.454. The van der Waals surface area contributed by atoms with Crippen molar-refractivity contribution in [2.45, 2.75) is 0 Å². The minimum absolute atomic E-state index is 0.0130. The number of halogens is 2. The summed E-state index contributed by atoms with van der Waals surface area (Å²) in [5.41, 5.74) is -0.0350. The second kappa shape index (κ2) is 10.1.